The van der Waals surface area contributed by atoms with Crippen LogP contribution in [-0.4, -0.2) is 32.0 Å². The van der Waals surface area contributed by atoms with E-state index in [1.165, 1.54) is 5.56 Å². The van der Waals surface area contributed by atoms with Crippen molar-refractivity contribution >= 4 is 11.6 Å². The summed E-state index contributed by atoms with van der Waals surface area (Å²) < 4.78 is 11.6. The highest BCUT2D eigenvalue weighted by Crippen LogP contribution is 2.42. The predicted molar refractivity (Wildman–Crippen MR) is 84.7 cm³/mol. The van der Waals surface area contributed by atoms with Crippen LogP contribution in [0, 0.1) is 5.92 Å². The van der Waals surface area contributed by atoms with Gasteiger partial charge in [0.25, 0.3) is 0 Å². The van der Waals surface area contributed by atoms with Gasteiger partial charge in [-0.05, 0) is 36.9 Å². The van der Waals surface area contributed by atoms with Crippen molar-refractivity contribution in [1.82, 2.24) is 5.32 Å². The molecule has 2 fully saturated rings. The summed E-state index contributed by atoms with van der Waals surface area (Å²) in [4.78, 5) is 0. The molecule has 2 aliphatic heterocycles. The molecule has 0 saturated carbocycles. The monoisotopic (exact) mass is 309 g/mol. The molecular weight excluding hydrogens is 286 g/mol. The summed E-state index contributed by atoms with van der Waals surface area (Å²) in [5, 5.41) is 4.49. The van der Waals surface area contributed by atoms with E-state index in [0.29, 0.717) is 12.0 Å². The third-order valence-corrected chi connectivity index (χ3v) is 5.08. The minimum absolute atomic E-state index is 0.0577. The Labute approximate surface area is 132 Å². The fourth-order valence-corrected chi connectivity index (χ4v) is 3.94. The van der Waals surface area contributed by atoms with Crippen molar-refractivity contribution < 1.29 is 9.47 Å². The smallest absolute Gasteiger partial charge is 0.0940 e. The molecule has 2 heterocycles. The Hall–Kier alpha value is -0.610. The first-order valence-corrected chi connectivity index (χ1v) is 8.31. The molecule has 21 heavy (non-hydrogen) atoms. The van der Waals surface area contributed by atoms with E-state index in [1.807, 2.05) is 12.1 Å². The molecular formula is C17H24ClNO2. The maximum Gasteiger partial charge on any atom is 0.0940 e. The Kier molecular flexibility index (Phi) is 4.85. The van der Waals surface area contributed by atoms with Crippen molar-refractivity contribution in [3.8, 4) is 0 Å². The van der Waals surface area contributed by atoms with Crippen LogP contribution >= 0.6 is 11.6 Å². The van der Waals surface area contributed by atoms with Gasteiger partial charge < -0.3 is 14.8 Å². The summed E-state index contributed by atoms with van der Waals surface area (Å²) in [6.45, 7) is 5.48. The summed E-state index contributed by atoms with van der Waals surface area (Å²) in [6, 6.07) is 8.48. The molecule has 0 amide bonds. The van der Waals surface area contributed by atoms with Crippen LogP contribution in [0.25, 0.3) is 0 Å². The van der Waals surface area contributed by atoms with E-state index in [4.69, 9.17) is 21.1 Å². The molecule has 0 aromatic heterocycles. The first-order chi connectivity index (χ1) is 10.2. The van der Waals surface area contributed by atoms with Gasteiger partial charge in [0.1, 0.15) is 0 Å². The van der Waals surface area contributed by atoms with E-state index in [9.17, 15) is 0 Å². The molecule has 2 saturated heterocycles. The van der Waals surface area contributed by atoms with Crippen LogP contribution < -0.4 is 5.32 Å². The lowest BCUT2D eigenvalue weighted by Crippen LogP contribution is -2.44. The summed E-state index contributed by atoms with van der Waals surface area (Å²) >= 11 is 6.43. The van der Waals surface area contributed by atoms with E-state index in [0.717, 1.165) is 50.7 Å². The van der Waals surface area contributed by atoms with Gasteiger partial charge in [-0.25, -0.2) is 0 Å². The molecule has 0 bridgehead atoms. The highest BCUT2D eigenvalue weighted by molar-refractivity contribution is 6.31. The van der Waals surface area contributed by atoms with Gasteiger partial charge in [-0.3, -0.25) is 0 Å². The Morgan fingerprint density at radius 3 is 2.95 bits per heavy atom. The standard InChI is InChI=1S/C17H24ClNO2/c1-2-19-16(14-5-3-4-6-15(14)18)13-7-9-21-17(11-13)8-10-20-12-17/h3-6,13,16,19H,2,7-12H2,1H3. The lowest BCUT2D eigenvalue weighted by atomic mass is 9.79. The van der Waals surface area contributed by atoms with Crippen molar-refractivity contribution in [3.63, 3.8) is 0 Å². The number of ether oxygens (including phenoxy) is 2. The van der Waals surface area contributed by atoms with Gasteiger partial charge in [-0.15, -0.1) is 0 Å². The molecule has 2 aliphatic rings. The van der Waals surface area contributed by atoms with Crippen molar-refractivity contribution in [2.75, 3.05) is 26.4 Å². The molecule has 1 N–H and O–H groups in total. The first-order valence-electron chi connectivity index (χ1n) is 7.93. The topological polar surface area (TPSA) is 30.5 Å². The minimum atomic E-state index is -0.0577. The minimum Gasteiger partial charge on any atom is -0.378 e. The second-order valence-electron chi connectivity index (χ2n) is 6.14. The fourth-order valence-electron chi connectivity index (χ4n) is 3.69. The fraction of sp³-hybridized carbons (Fsp3) is 0.647. The summed E-state index contributed by atoms with van der Waals surface area (Å²) in [5.41, 5.74) is 1.15. The average Bonchev–Trinajstić information content (AvgIpc) is 2.93. The van der Waals surface area contributed by atoms with E-state index >= 15 is 0 Å². The van der Waals surface area contributed by atoms with E-state index in [1.54, 1.807) is 0 Å². The molecule has 3 nitrogen and oxygen atoms in total. The van der Waals surface area contributed by atoms with Gasteiger partial charge >= 0.3 is 0 Å². The Bertz CT molecular complexity index is 474. The Morgan fingerprint density at radius 1 is 1.38 bits per heavy atom. The molecule has 116 valence electrons. The lowest BCUT2D eigenvalue weighted by Gasteiger charge is -2.41. The molecule has 0 radical (unpaired) electrons. The van der Waals surface area contributed by atoms with Crippen LogP contribution in [0.2, 0.25) is 5.02 Å². The van der Waals surface area contributed by atoms with Crippen molar-refractivity contribution in [1.29, 1.82) is 0 Å². The number of rotatable bonds is 4. The lowest BCUT2D eigenvalue weighted by molar-refractivity contribution is -0.103. The van der Waals surface area contributed by atoms with Crippen molar-refractivity contribution in [3.05, 3.63) is 34.9 Å². The van der Waals surface area contributed by atoms with Gasteiger partial charge in [-0.2, -0.15) is 0 Å². The zero-order valence-corrected chi connectivity index (χ0v) is 13.4. The summed E-state index contributed by atoms with van der Waals surface area (Å²) in [5.74, 6) is 0.542. The van der Waals surface area contributed by atoms with Gasteiger partial charge in [0.05, 0.1) is 12.2 Å². The van der Waals surface area contributed by atoms with Crippen LogP contribution in [0.3, 0.4) is 0 Å². The molecule has 4 heteroatoms. The quantitative estimate of drug-likeness (QED) is 0.922. The van der Waals surface area contributed by atoms with Crippen molar-refractivity contribution in [2.24, 2.45) is 5.92 Å². The highest BCUT2D eigenvalue weighted by Gasteiger charge is 2.43. The third-order valence-electron chi connectivity index (χ3n) is 4.73. The maximum atomic E-state index is 6.43. The van der Waals surface area contributed by atoms with Gasteiger partial charge in [0.2, 0.25) is 0 Å². The van der Waals surface area contributed by atoms with E-state index < -0.39 is 0 Å². The van der Waals surface area contributed by atoms with Crippen LogP contribution in [0.1, 0.15) is 37.8 Å². The third kappa shape index (κ3) is 3.26. The maximum absolute atomic E-state index is 6.43. The predicted octanol–water partition coefficient (Wildman–Crippen LogP) is 3.58. The Balaban J connectivity index is 1.82. The molecule has 1 aromatic carbocycles. The van der Waals surface area contributed by atoms with Crippen molar-refractivity contribution in [2.45, 2.75) is 37.8 Å². The van der Waals surface area contributed by atoms with Crippen LogP contribution in [0.4, 0.5) is 0 Å². The number of hydrogen-bond acceptors (Lipinski definition) is 3. The van der Waals surface area contributed by atoms with Gasteiger partial charge in [0.15, 0.2) is 0 Å². The van der Waals surface area contributed by atoms with Gasteiger partial charge in [-0.1, -0.05) is 36.7 Å². The zero-order chi connectivity index (χ0) is 14.7. The number of nitrogens with one attached hydrogen (secondary N) is 1. The van der Waals surface area contributed by atoms with Crippen LogP contribution in [0.15, 0.2) is 24.3 Å². The second-order valence-corrected chi connectivity index (χ2v) is 6.55. The largest absolute Gasteiger partial charge is 0.378 e. The van der Waals surface area contributed by atoms with E-state index in [-0.39, 0.29) is 5.60 Å². The molecule has 1 aromatic rings. The number of benzene rings is 1. The average molecular weight is 310 g/mol. The molecule has 0 aliphatic carbocycles. The Morgan fingerprint density at radius 2 is 2.24 bits per heavy atom. The molecule has 3 rings (SSSR count). The van der Waals surface area contributed by atoms with E-state index in [2.05, 4.69) is 24.4 Å². The first kappa shape index (κ1) is 15.3. The van der Waals surface area contributed by atoms with Crippen LogP contribution in [-0.2, 0) is 9.47 Å². The summed E-state index contributed by atoms with van der Waals surface area (Å²) in [7, 11) is 0. The number of hydrogen-bond donors (Lipinski definition) is 1. The molecule has 1 spiro atoms. The molecule has 3 atom stereocenters. The molecule has 3 unspecified atom stereocenters. The van der Waals surface area contributed by atoms with Gasteiger partial charge in [0, 0.05) is 30.7 Å². The normalized spacial score (nSPS) is 30.7. The van der Waals surface area contributed by atoms with Crippen LogP contribution in [0.5, 0.6) is 0 Å². The summed E-state index contributed by atoms with van der Waals surface area (Å²) in [6.07, 6.45) is 3.14. The highest BCUT2D eigenvalue weighted by atomic mass is 35.5. The zero-order valence-electron chi connectivity index (χ0n) is 12.6. The SMILES string of the molecule is CCNC(c1ccccc1Cl)C1CCOC2(CCOC2)C1. The second kappa shape index (κ2) is 6.66. The number of halogens is 1.